The highest BCUT2D eigenvalue weighted by Gasteiger charge is 2.48. The van der Waals surface area contributed by atoms with Crippen LogP contribution < -0.4 is 4.74 Å². The molecule has 0 saturated carbocycles. The molecule has 210 valence electrons. The Balaban J connectivity index is 1.13. The fourth-order valence-corrected chi connectivity index (χ4v) is 7.09. The van der Waals surface area contributed by atoms with E-state index in [1.165, 1.54) is 5.56 Å². The number of rotatable bonds is 6. The van der Waals surface area contributed by atoms with Crippen LogP contribution in [0.4, 0.5) is 0 Å². The van der Waals surface area contributed by atoms with Gasteiger partial charge in [0, 0.05) is 36.1 Å². The lowest BCUT2D eigenvalue weighted by atomic mass is 9.85. The molecule has 7 nitrogen and oxygen atoms in total. The van der Waals surface area contributed by atoms with Crippen LogP contribution in [-0.2, 0) is 22.6 Å². The third-order valence-corrected chi connectivity index (χ3v) is 9.21. The number of fused-ring (bicyclic) bond motifs is 4. The van der Waals surface area contributed by atoms with Gasteiger partial charge in [-0.25, -0.2) is 0 Å². The minimum Gasteiger partial charge on any atom is -0.497 e. The van der Waals surface area contributed by atoms with Gasteiger partial charge in [0.2, 0.25) is 11.8 Å². The third kappa shape index (κ3) is 4.78. The van der Waals surface area contributed by atoms with Crippen molar-refractivity contribution in [3.05, 3.63) is 101 Å². The van der Waals surface area contributed by atoms with E-state index in [2.05, 4.69) is 52.3 Å². The predicted molar refractivity (Wildman–Crippen MR) is 158 cm³/mol. The van der Waals surface area contributed by atoms with Crippen molar-refractivity contribution in [1.29, 1.82) is 0 Å². The van der Waals surface area contributed by atoms with Crippen molar-refractivity contribution >= 4 is 22.7 Å². The number of nitrogens with one attached hydrogen (secondary N) is 1. The second kappa shape index (κ2) is 10.7. The quantitative estimate of drug-likeness (QED) is 0.377. The number of methoxy groups -OCH3 is 1. The van der Waals surface area contributed by atoms with Gasteiger partial charge in [0.1, 0.15) is 11.8 Å². The highest BCUT2D eigenvalue weighted by atomic mass is 16.5. The van der Waals surface area contributed by atoms with Crippen LogP contribution in [0.25, 0.3) is 10.9 Å². The van der Waals surface area contributed by atoms with Gasteiger partial charge >= 0.3 is 0 Å². The topological polar surface area (TPSA) is 68.9 Å². The molecule has 1 aromatic heterocycles. The van der Waals surface area contributed by atoms with E-state index >= 15 is 0 Å². The molecule has 7 rings (SSSR count). The zero-order chi connectivity index (χ0) is 27.9. The molecule has 1 N–H and O–H groups in total. The molecule has 2 atom stereocenters. The lowest BCUT2D eigenvalue weighted by Crippen LogP contribution is -2.63. The standard InChI is InChI=1S/C34H36N4O3/c1-41-26-13-11-25(12-14-26)33-32-28(27-9-5-6-10-29(27)35-32)19-30-34(40)37(22-31(39)38(30)33)21-24-15-17-36(18-16-24)20-23-7-3-2-4-8-23/h2-14,24,30,33,35H,15-22H2,1H3/t30-,33?/m1/s1. The molecule has 1 unspecified atom stereocenters. The summed E-state index contributed by atoms with van der Waals surface area (Å²) >= 11 is 0. The van der Waals surface area contributed by atoms with Crippen LogP contribution in [0.1, 0.15) is 41.3 Å². The number of H-pyrrole nitrogens is 1. The lowest BCUT2D eigenvalue weighted by Gasteiger charge is -2.48. The molecule has 2 saturated heterocycles. The molecule has 7 heteroatoms. The number of carbonyl (C=O) groups excluding carboxylic acids is 2. The van der Waals surface area contributed by atoms with E-state index in [0.717, 1.165) is 65.9 Å². The number of likely N-dealkylation sites (tertiary alicyclic amines) is 1. The van der Waals surface area contributed by atoms with Gasteiger partial charge in [-0.3, -0.25) is 14.5 Å². The summed E-state index contributed by atoms with van der Waals surface area (Å²) in [6, 6.07) is 25.8. The van der Waals surface area contributed by atoms with Crippen molar-refractivity contribution in [2.45, 2.75) is 37.9 Å². The smallest absolute Gasteiger partial charge is 0.246 e. The monoisotopic (exact) mass is 548 g/mol. The Bertz CT molecular complexity index is 1560. The number of benzene rings is 3. The fourth-order valence-electron chi connectivity index (χ4n) is 7.09. The van der Waals surface area contributed by atoms with Crippen LogP contribution >= 0.6 is 0 Å². The van der Waals surface area contributed by atoms with E-state index in [9.17, 15) is 9.59 Å². The van der Waals surface area contributed by atoms with Crippen LogP contribution in [0.3, 0.4) is 0 Å². The average Bonchev–Trinajstić information content (AvgIpc) is 3.39. The molecule has 0 spiro atoms. The van der Waals surface area contributed by atoms with Gasteiger partial charge in [0.05, 0.1) is 19.7 Å². The number of amides is 2. The summed E-state index contributed by atoms with van der Waals surface area (Å²) in [5.41, 5.74) is 5.50. The molecular weight excluding hydrogens is 512 g/mol. The maximum atomic E-state index is 14.1. The number of aromatic amines is 1. The maximum Gasteiger partial charge on any atom is 0.246 e. The van der Waals surface area contributed by atoms with Crippen molar-refractivity contribution in [2.24, 2.45) is 5.92 Å². The van der Waals surface area contributed by atoms with Gasteiger partial charge < -0.3 is 19.5 Å². The highest BCUT2D eigenvalue weighted by molar-refractivity contribution is 5.97. The van der Waals surface area contributed by atoms with Crippen LogP contribution in [0.2, 0.25) is 0 Å². The predicted octanol–water partition coefficient (Wildman–Crippen LogP) is 4.77. The Hall–Kier alpha value is -4.10. The average molecular weight is 549 g/mol. The molecule has 0 radical (unpaired) electrons. The largest absolute Gasteiger partial charge is 0.497 e. The number of nitrogens with zero attached hydrogens (tertiary/aromatic N) is 3. The molecule has 0 aliphatic carbocycles. The number of carbonyl (C=O) groups is 2. The summed E-state index contributed by atoms with van der Waals surface area (Å²) in [5, 5.41) is 1.13. The molecular formula is C34H36N4O3. The number of piperidine rings is 1. The molecule has 3 aromatic carbocycles. The SMILES string of the molecule is COc1ccc(C2c3[nH]c4ccccc4c3C[C@@H]3C(=O)N(CC4CCN(Cc5ccccc5)CC4)CC(=O)N23)cc1. The Morgan fingerprint density at radius 2 is 1.63 bits per heavy atom. The van der Waals surface area contributed by atoms with Gasteiger partial charge in [0.25, 0.3) is 0 Å². The summed E-state index contributed by atoms with van der Waals surface area (Å²) in [4.78, 5) is 37.8. The Morgan fingerprint density at radius 3 is 2.39 bits per heavy atom. The van der Waals surface area contributed by atoms with E-state index in [1.54, 1.807) is 7.11 Å². The van der Waals surface area contributed by atoms with E-state index in [4.69, 9.17) is 4.74 Å². The zero-order valence-electron chi connectivity index (χ0n) is 23.5. The first-order valence-corrected chi connectivity index (χ1v) is 14.7. The second-order valence-corrected chi connectivity index (χ2v) is 11.7. The number of piperazine rings is 1. The summed E-state index contributed by atoms with van der Waals surface area (Å²) in [6.45, 7) is 3.79. The van der Waals surface area contributed by atoms with Gasteiger partial charge in [-0.05, 0) is 66.7 Å². The Labute approximate surface area is 240 Å². The first kappa shape index (κ1) is 25.8. The van der Waals surface area contributed by atoms with Gasteiger partial charge in [0.15, 0.2) is 0 Å². The molecule has 2 amide bonds. The number of hydrogen-bond donors (Lipinski definition) is 1. The number of hydrogen-bond acceptors (Lipinski definition) is 4. The zero-order valence-corrected chi connectivity index (χ0v) is 23.5. The minimum atomic E-state index is -0.506. The van der Waals surface area contributed by atoms with Gasteiger partial charge in [-0.15, -0.1) is 0 Å². The summed E-state index contributed by atoms with van der Waals surface area (Å²) in [7, 11) is 1.65. The lowest BCUT2D eigenvalue weighted by molar-refractivity contribution is -0.159. The van der Waals surface area contributed by atoms with Crippen molar-refractivity contribution < 1.29 is 14.3 Å². The molecule has 2 fully saturated rings. The van der Waals surface area contributed by atoms with Crippen LogP contribution in [0.15, 0.2) is 78.9 Å². The van der Waals surface area contributed by atoms with Crippen molar-refractivity contribution in [2.75, 3.05) is 33.3 Å². The van der Waals surface area contributed by atoms with E-state index in [1.807, 2.05) is 46.2 Å². The van der Waals surface area contributed by atoms with Crippen LogP contribution in [0.5, 0.6) is 5.75 Å². The molecule has 3 aliphatic heterocycles. The molecule has 4 heterocycles. The van der Waals surface area contributed by atoms with Crippen LogP contribution in [0, 0.1) is 5.92 Å². The fraction of sp³-hybridized carbons (Fsp3) is 0.353. The normalized spacial score (nSPS) is 21.7. The molecule has 0 bridgehead atoms. The molecule has 3 aliphatic rings. The first-order chi connectivity index (χ1) is 20.1. The van der Waals surface area contributed by atoms with E-state index in [0.29, 0.717) is 18.9 Å². The second-order valence-electron chi connectivity index (χ2n) is 11.7. The van der Waals surface area contributed by atoms with Crippen molar-refractivity contribution in [3.8, 4) is 5.75 Å². The number of para-hydroxylation sites is 1. The molecule has 4 aromatic rings. The number of ether oxygens (including phenoxy) is 1. The number of aromatic nitrogens is 1. The van der Waals surface area contributed by atoms with E-state index in [-0.39, 0.29) is 24.4 Å². The first-order valence-electron chi connectivity index (χ1n) is 14.7. The van der Waals surface area contributed by atoms with Crippen molar-refractivity contribution in [1.82, 2.24) is 19.7 Å². The summed E-state index contributed by atoms with van der Waals surface area (Å²) < 4.78 is 5.39. The van der Waals surface area contributed by atoms with Gasteiger partial charge in [-0.2, -0.15) is 0 Å². The van der Waals surface area contributed by atoms with Crippen LogP contribution in [-0.4, -0.2) is 70.8 Å². The Morgan fingerprint density at radius 1 is 0.902 bits per heavy atom. The minimum absolute atomic E-state index is 0.0150. The summed E-state index contributed by atoms with van der Waals surface area (Å²) in [5.74, 6) is 1.27. The summed E-state index contributed by atoms with van der Waals surface area (Å²) in [6.07, 6.45) is 2.61. The van der Waals surface area contributed by atoms with Crippen molar-refractivity contribution in [3.63, 3.8) is 0 Å². The maximum absolute atomic E-state index is 14.1. The Kier molecular flexibility index (Phi) is 6.75. The van der Waals surface area contributed by atoms with E-state index < -0.39 is 6.04 Å². The third-order valence-electron chi connectivity index (χ3n) is 9.21. The molecule has 41 heavy (non-hydrogen) atoms. The highest BCUT2D eigenvalue weighted by Crippen LogP contribution is 2.43. The van der Waals surface area contributed by atoms with Gasteiger partial charge in [-0.1, -0.05) is 60.7 Å².